The maximum atomic E-state index is 12.8. The van der Waals surface area contributed by atoms with Crippen LogP contribution in [0.1, 0.15) is 60.3 Å². The number of anilines is 1. The zero-order valence-electron chi connectivity index (χ0n) is 17.7. The molecule has 0 aromatic heterocycles. The number of hydrogen-bond acceptors (Lipinski definition) is 4. The van der Waals surface area contributed by atoms with E-state index in [2.05, 4.69) is 38.3 Å². The highest BCUT2D eigenvalue weighted by Crippen LogP contribution is 2.34. The van der Waals surface area contributed by atoms with Gasteiger partial charge in [-0.2, -0.15) is 0 Å². The molecule has 1 aromatic carbocycles. The average molecular weight is 388 g/mol. The number of rotatable bonds is 5. The van der Waals surface area contributed by atoms with Crippen molar-refractivity contribution >= 4 is 17.5 Å². The van der Waals surface area contributed by atoms with Gasteiger partial charge < -0.3 is 20.3 Å². The van der Waals surface area contributed by atoms with Crippen molar-refractivity contribution in [2.45, 2.75) is 83.5 Å². The van der Waals surface area contributed by atoms with Crippen molar-refractivity contribution in [1.82, 2.24) is 10.6 Å². The molecule has 1 atom stereocenters. The molecule has 2 aliphatic rings. The summed E-state index contributed by atoms with van der Waals surface area (Å²) in [4.78, 5) is 27.1. The lowest BCUT2D eigenvalue weighted by atomic mass is 9.79. The molecule has 2 heterocycles. The molecule has 2 amide bonds. The van der Waals surface area contributed by atoms with Crippen LogP contribution >= 0.6 is 0 Å². The number of ether oxygens (including phenoxy) is 1. The molecule has 6 heteroatoms. The maximum absolute atomic E-state index is 12.8. The van der Waals surface area contributed by atoms with E-state index in [4.69, 9.17) is 4.74 Å². The number of carbonyl (C=O) groups excluding carboxylic acids is 2. The standard InChI is InChI=1S/C22H33N3O3/c1-6-17-20(27)25(16-9-7-8-10-18(16)28-17)12-11-19(26)23-15-13-21(2,3)24-22(4,5)14-15/h7-10,15,17,24H,6,11-14H2,1-5H3,(H,23,26). The molecule has 1 aromatic rings. The van der Waals surface area contributed by atoms with Crippen LogP contribution in [-0.4, -0.2) is 41.6 Å². The van der Waals surface area contributed by atoms with Crippen molar-refractivity contribution in [3.8, 4) is 5.75 Å². The van der Waals surface area contributed by atoms with E-state index in [0.29, 0.717) is 18.7 Å². The van der Waals surface area contributed by atoms with Gasteiger partial charge >= 0.3 is 0 Å². The smallest absolute Gasteiger partial charge is 0.268 e. The Morgan fingerprint density at radius 2 is 1.86 bits per heavy atom. The fraction of sp³-hybridized carbons (Fsp3) is 0.636. The molecule has 0 radical (unpaired) electrons. The van der Waals surface area contributed by atoms with Crippen LogP contribution in [0, 0.1) is 0 Å². The molecule has 154 valence electrons. The molecular weight excluding hydrogens is 354 g/mol. The highest BCUT2D eigenvalue weighted by molar-refractivity contribution is 6.00. The van der Waals surface area contributed by atoms with Gasteiger partial charge in [0.1, 0.15) is 5.75 Å². The minimum Gasteiger partial charge on any atom is -0.478 e. The number of hydrogen-bond donors (Lipinski definition) is 2. The van der Waals surface area contributed by atoms with Crippen LogP contribution in [0.15, 0.2) is 24.3 Å². The number of carbonyl (C=O) groups is 2. The quantitative estimate of drug-likeness (QED) is 0.815. The Morgan fingerprint density at radius 1 is 1.21 bits per heavy atom. The van der Waals surface area contributed by atoms with Crippen molar-refractivity contribution in [3.05, 3.63) is 24.3 Å². The van der Waals surface area contributed by atoms with E-state index in [9.17, 15) is 9.59 Å². The minimum atomic E-state index is -0.482. The summed E-state index contributed by atoms with van der Waals surface area (Å²) in [7, 11) is 0. The second-order valence-corrected chi connectivity index (χ2v) is 9.29. The molecule has 3 rings (SSSR count). The third-order valence-corrected chi connectivity index (χ3v) is 5.46. The van der Waals surface area contributed by atoms with Gasteiger partial charge in [0.2, 0.25) is 5.91 Å². The van der Waals surface area contributed by atoms with Crippen molar-refractivity contribution < 1.29 is 14.3 Å². The van der Waals surface area contributed by atoms with Gasteiger partial charge in [-0.3, -0.25) is 9.59 Å². The first-order valence-corrected chi connectivity index (χ1v) is 10.3. The summed E-state index contributed by atoms with van der Waals surface area (Å²) in [5, 5.41) is 6.81. The van der Waals surface area contributed by atoms with Crippen LogP contribution in [-0.2, 0) is 9.59 Å². The minimum absolute atomic E-state index is 0.0108. The SMILES string of the molecule is CCC1Oc2ccccc2N(CCC(=O)NC2CC(C)(C)NC(C)(C)C2)C1=O. The molecule has 6 nitrogen and oxygen atoms in total. The van der Waals surface area contributed by atoms with Crippen LogP contribution in [0.2, 0.25) is 0 Å². The summed E-state index contributed by atoms with van der Waals surface area (Å²) in [6.07, 6.45) is 2.18. The van der Waals surface area contributed by atoms with Gasteiger partial charge in [0.15, 0.2) is 6.10 Å². The fourth-order valence-corrected chi connectivity index (χ4v) is 4.70. The Kier molecular flexibility index (Phi) is 5.71. The van der Waals surface area contributed by atoms with E-state index in [-0.39, 0.29) is 35.4 Å². The van der Waals surface area contributed by atoms with E-state index < -0.39 is 6.10 Å². The van der Waals surface area contributed by atoms with Crippen molar-refractivity contribution in [2.75, 3.05) is 11.4 Å². The number of benzene rings is 1. The van der Waals surface area contributed by atoms with Gasteiger partial charge in [-0.05, 0) is 59.1 Å². The summed E-state index contributed by atoms with van der Waals surface area (Å²) in [5.41, 5.74) is 0.703. The van der Waals surface area contributed by atoms with E-state index in [1.54, 1.807) is 4.90 Å². The zero-order chi connectivity index (χ0) is 20.5. The van der Waals surface area contributed by atoms with Crippen LogP contribution in [0.5, 0.6) is 5.75 Å². The Bertz CT molecular complexity index is 728. The molecular formula is C22H33N3O3. The van der Waals surface area contributed by atoms with E-state index in [1.165, 1.54) is 0 Å². The lowest BCUT2D eigenvalue weighted by Crippen LogP contribution is -2.62. The van der Waals surface area contributed by atoms with E-state index >= 15 is 0 Å². The van der Waals surface area contributed by atoms with Crippen LogP contribution in [0.25, 0.3) is 0 Å². The van der Waals surface area contributed by atoms with Gasteiger partial charge in [0.25, 0.3) is 5.91 Å². The average Bonchev–Trinajstić information content (AvgIpc) is 2.57. The highest BCUT2D eigenvalue weighted by atomic mass is 16.5. The van der Waals surface area contributed by atoms with Gasteiger partial charge in [-0.25, -0.2) is 0 Å². The predicted molar refractivity (Wildman–Crippen MR) is 111 cm³/mol. The second-order valence-electron chi connectivity index (χ2n) is 9.29. The number of nitrogens with one attached hydrogen (secondary N) is 2. The largest absolute Gasteiger partial charge is 0.478 e. The third-order valence-electron chi connectivity index (χ3n) is 5.46. The second kappa shape index (κ2) is 7.74. The van der Waals surface area contributed by atoms with Crippen LogP contribution in [0.4, 0.5) is 5.69 Å². The lowest BCUT2D eigenvalue weighted by Gasteiger charge is -2.46. The number of nitrogens with zero attached hydrogens (tertiary/aromatic N) is 1. The summed E-state index contributed by atoms with van der Waals surface area (Å²) >= 11 is 0. The van der Waals surface area contributed by atoms with E-state index in [1.807, 2.05) is 31.2 Å². The number of para-hydroxylation sites is 2. The van der Waals surface area contributed by atoms with Gasteiger partial charge in [0.05, 0.1) is 5.69 Å². The number of piperidine rings is 1. The molecule has 1 saturated heterocycles. The Balaban J connectivity index is 1.63. The summed E-state index contributed by atoms with van der Waals surface area (Å²) in [6, 6.07) is 7.65. The molecule has 0 bridgehead atoms. The Hall–Kier alpha value is -2.08. The lowest BCUT2D eigenvalue weighted by molar-refractivity contribution is -0.126. The molecule has 0 spiro atoms. The first-order valence-electron chi connectivity index (χ1n) is 10.3. The normalized spacial score (nSPS) is 23.7. The molecule has 1 fully saturated rings. The molecule has 1 unspecified atom stereocenters. The first-order chi connectivity index (χ1) is 13.1. The van der Waals surface area contributed by atoms with Gasteiger partial charge in [-0.1, -0.05) is 19.1 Å². The third kappa shape index (κ3) is 4.66. The fourth-order valence-electron chi connectivity index (χ4n) is 4.70. The summed E-state index contributed by atoms with van der Waals surface area (Å²) in [6.45, 7) is 11.0. The molecule has 28 heavy (non-hydrogen) atoms. The monoisotopic (exact) mass is 387 g/mol. The van der Waals surface area contributed by atoms with Crippen LogP contribution < -0.4 is 20.3 Å². The van der Waals surface area contributed by atoms with Gasteiger partial charge in [-0.15, -0.1) is 0 Å². The molecule has 0 aliphatic carbocycles. The van der Waals surface area contributed by atoms with Crippen molar-refractivity contribution in [1.29, 1.82) is 0 Å². The predicted octanol–water partition coefficient (Wildman–Crippen LogP) is 3.01. The van der Waals surface area contributed by atoms with Gasteiger partial charge in [0, 0.05) is 30.1 Å². The number of amides is 2. The highest BCUT2D eigenvalue weighted by Gasteiger charge is 2.38. The Morgan fingerprint density at radius 3 is 2.50 bits per heavy atom. The van der Waals surface area contributed by atoms with Crippen molar-refractivity contribution in [3.63, 3.8) is 0 Å². The van der Waals surface area contributed by atoms with Crippen molar-refractivity contribution in [2.24, 2.45) is 0 Å². The zero-order valence-corrected chi connectivity index (χ0v) is 17.7. The van der Waals surface area contributed by atoms with Crippen LogP contribution in [0.3, 0.4) is 0 Å². The molecule has 2 aliphatic heterocycles. The molecule has 0 saturated carbocycles. The summed E-state index contributed by atoms with van der Waals surface area (Å²) < 4.78 is 5.80. The molecule has 2 N–H and O–H groups in total. The topological polar surface area (TPSA) is 70.7 Å². The first kappa shape index (κ1) is 20.6. The summed E-state index contributed by atoms with van der Waals surface area (Å²) in [5.74, 6) is 0.623. The maximum Gasteiger partial charge on any atom is 0.268 e. The Labute approximate surface area is 168 Å². The number of fused-ring (bicyclic) bond motifs is 1. The van der Waals surface area contributed by atoms with E-state index in [0.717, 1.165) is 18.5 Å².